The molecule has 0 aliphatic heterocycles. The van der Waals surface area contributed by atoms with Gasteiger partial charge in [0.05, 0.1) is 0 Å². The number of unbranched alkanes of at least 4 members (excludes halogenated alkanes) is 1. The smallest absolute Gasteiger partial charge is 0.228 e. The molecule has 2 N–H and O–H groups in total. The summed E-state index contributed by atoms with van der Waals surface area (Å²) in [5.41, 5.74) is 1.05. The summed E-state index contributed by atoms with van der Waals surface area (Å²) in [6, 6.07) is 1.91. The normalized spacial score (nSPS) is 12.7. The Labute approximate surface area is 110 Å². The largest absolute Gasteiger partial charge is 0.309 e. The van der Waals surface area contributed by atoms with Crippen LogP contribution < -0.4 is 5.32 Å². The van der Waals surface area contributed by atoms with Crippen LogP contribution in [0.4, 0.5) is 5.82 Å². The van der Waals surface area contributed by atoms with E-state index in [0.717, 1.165) is 31.4 Å². The molecule has 1 atom stereocenters. The summed E-state index contributed by atoms with van der Waals surface area (Å²) in [5.74, 6) is 1.22. The highest BCUT2D eigenvalue weighted by molar-refractivity contribution is 5.91. The summed E-state index contributed by atoms with van der Waals surface area (Å²) in [5, 5.41) is 9.96. The molecule has 1 heterocycles. The van der Waals surface area contributed by atoms with E-state index in [0.29, 0.717) is 11.7 Å². The molecule has 18 heavy (non-hydrogen) atoms. The highest BCUT2D eigenvalue weighted by Crippen LogP contribution is 2.18. The van der Waals surface area contributed by atoms with Crippen LogP contribution in [0.1, 0.15) is 65.0 Å². The van der Waals surface area contributed by atoms with E-state index in [9.17, 15) is 4.79 Å². The van der Waals surface area contributed by atoms with Crippen LogP contribution in [0.25, 0.3) is 0 Å². The van der Waals surface area contributed by atoms with Crippen LogP contribution in [0, 0.1) is 5.92 Å². The molecule has 0 saturated heterocycles. The zero-order valence-corrected chi connectivity index (χ0v) is 11.9. The van der Waals surface area contributed by atoms with E-state index < -0.39 is 0 Å². The van der Waals surface area contributed by atoms with Gasteiger partial charge in [0.1, 0.15) is 0 Å². The van der Waals surface area contributed by atoms with Gasteiger partial charge in [-0.1, -0.05) is 40.5 Å². The molecule has 0 spiro atoms. The minimum absolute atomic E-state index is 0.0905. The predicted octanol–water partition coefficient (Wildman–Crippen LogP) is 3.69. The second kappa shape index (κ2) is 7.19. The highest BCUT2D eigenvalue weighted by Gasteiger charge is 2.17. The lowest BCUT2D eigenvalue weighted by Gasteiger charge is -2.12. The topological polar surface area (TPSA) is 57.8 Å². The predicted molar refractivity (Wildman–Crippen MR) is 74.6 cm³/mol. The third-order valence-electron chi connectivity index (χ3n) is 3.24. The molecule has 1 aromatic rings. The zero-order valence-electron chi connectivity index (χ0n) is 11.9. The fourth-order valence-corrected chi connectivity index (χ4v) is 1.90. The minimum Gasteiger partial charge on any atom is -0.309 e. The molecule has 0 aromatic carbocycles. The summed E-state index contributed by atoms with van der Waals surface area (Å²) in [7, 11) is 0. The number of carbonyl (C=O) groups is 1. The molecule has 4 nitrogen and oxygen atoms in total. The molecule has 0 bridgehead atoms. The van der Waals surface area contributed by atoms with Crippen LogP contribution in [-0.4, -0.2) is 16.1 Å². The molecule has 102 valence electrons. The van der Waals surface area contributed by atoms with Crippen molar-refractivity contribution >= 4 is 11.7 Å². The number of aromatic amines is 1. The first-order chi connectivity index (χ1) is 8.58. The van der Waals surface area contributed by atoms with Crippen molar-refractivity contribution in [2.75, 3.05) is 5.32 Å². The average molecular weight is 251 g/mol. The standard InChI is InChI=1S/C14H25N3O/c1-5-7-8-11(6-2)14(18)15-13-9-12(10(3)4)16-17-13/h9-11H,5-8H2,1-4H3,(H2,15,16,17,18). The maximum Gasteiger partial charge on any atom is 0.228 e. The first-order valence-corrected chi connectivity index (χ1v) is 6.94. The number of carbonyl (C=O) groups excluding carboxylic acids is 1. The van der Waals surface area contributed by atoms with Gasteiger partial charge in [0.2, 0.25) is 5.91 Å². The molecule has 0 aliphatic carbocycles. The van der Waals surface area contributed by atoms with Crippen LogP contribution in [0.2, 0.25) is 0 Å². The molecule has 0 fully saturated rings. The molecule has 0 saturated carbocycles. The molecular formula is C14H25N3O. The number of hydrogen-bond donors (Lipinski definition) is 2. The van der Waals surface area contributed by atoms with E-state index in [4.69, 9.17) is 0 Å². The number of aromatic nitrogens is 2. The summed E-state index contributed by atoms with van der Waals surface area (Å²) in [6.07, 6.45) is 4.07. The highest BCUT2D eigenvalue weighted by atomic mass is 16.1. The number of nitrogens with one attached hydrogen (secondary N) is 2. The van der Waals surface area contributed by atoms with Gasteiger partial charge >= 0.3 is 0 Å². The van der Waals surface area contributed by atoms with Gasteiger partial charge in [-0.15, -0.1) is 0 Å². The summed E-state index contributed by atoms with van der Waals surface area (Å²) >= 11 is 0. The van der Waals surface area contributed by atoms with Crippen molar-refractivity contribution in [3.05, 3.63) is 11.8 Å². The molecule has 1 aromatic heterocycles. The zero-order chi connectivity index (χ0) is 13.5. The van der Waals surface area contributed by atoms with Crippen LogP contribution >= 0.6 is 0 Å². The van der Waals surface area contributed by atoms with Gasteiger partial charge in [0.25, 0.3) is 0 Å². The van der Waals surface area contributed by atoms with E-state index in [2.05, 4.69) is 43.2 Å². The maximum absolute atomic E-state index is 12.1. The number of anilines is 1. The number of nitrogens with zero attached hydrogens (tertiary/aromatic N) is 1. The lowest BCUT2D eigenvalue weighted by molar-refractivity contribution is -0.120. The quantitative estimate of drug-likeness (QED) is 0.776. The Bertz CT molecular complexity index is 371. The number of H-pyrrole nitrogens is 1. The van der Waals surface area contributed by atoms with E-state index in [1.807, 2.05) is 6.07 Å². The van der Waals surface area contributed by atoms with E-state index in [1.165, 1.54) is 0 Å². The third-order valence-corrected chi connectivity index (χ3v) is 3.24. The summed E-state index contributed by atoms with van der Waals surface area (Å²) < 4.78 is 0. The molecular weight excluding hydrogens is 226 g/mol. The van der Waals surface area contributed by atoms with Crippen LogP contribution in [-0.2, 0) is 4.79 Å². The number of amides is 1. The van der Waals surface area contributed by atoms with E-state index in [-0.39, 0.29) is 11.8 Å². The van der Waals surface area contributed by atoms with Crippen molar-refractivity contribution in [1.82, 2.24) is 10.2 Å². The van der Waals surface area contributed by atoms with Crippen LogP contribution in [0.5, 0.6) is 0 Å². The fraction of sp³-hybridized carbons (Fsp3) is 0.714. The molecule has 4 heteroatoms. The molecule has 1 rings (SSSR count). The van der Waals surface area contributed by atoms with Gasteiger partial charge in [-0.3, -0.25) is 9.89 Å². The second-order valence-electron chi connectivity index (χ2n) is 5.10. The van der Waals surface area contributed by atoms with Gasteiger partial charge in [-0.25, -0.2) is 0 Å². The third kappa shape index (κ3) is 4.17. The Morgan fingerprint density at radius 2 is 2.17 bits per heavy atom. The van der Waals surface area contributed by atoms with Crippen LogP contribution in [0.3, 0.4) is 0 Å². The Morgan fingerprint density at radius 3 is 2.67 bits per heavy atom. The summed E-state index contributed by atoms with van der Waals surface area (Å²) in [6.45, 7) is 8.39. The molecule has 0 radical (unpaired) electrons. The second-order valence-corrected chi connectivity index (χ2v) is 5.10. The van der Waals surface area contributed by atoms with Gasteiger partial charge < -0.3 is 5.32 Å². The summed E-state index contributed by atoms with van der Waals surface area (Å²) in [4.78, 5) is 12.1. The van der Waals surface area contributed by atoms with Crippen molar-refractivity contribution in [2.24, 2.45) is 5.92 Å². The molecule has 0 aliphatic rings. The Kier molecular flexibility index (Phi) is 5.89. The monoisotopic (exact) mass is 251 g/mol. The van der Waals surface area contributed by atoms with Crippen molar-refractivity contribution in [3.63, 3.8) is 0 Å². The van der Waals surface area contributed by atoms with Crippen LogP contribution in [0.15, 0.2) is 6.07 Å². The van der Waals surface area contributed by atoms with E-state index >= 15 is 0 Å². The van der Waals surface area contributed by atoms with Crippen molar-refractivity contribution < 1.29 is 4.79 Å². The average Bonchev–Trinajstić information content (AvgIpc) is 2.78. The first kappa shape index (κ1) is 14.7. The number of hydrogen-bond acceptors (Lipinski definition) is 2. The Balaban J connectivity index is 2.56. The van der Waals surface area contributed by atoms with Crippen molar-refractivity contribution in [2.45, 2.75) is 59.3 Å². The fourth-order valence-electron chi connectivity index (χ4n) is 1.90. The first-order valence-electron chi connectivity index (χ1n) is 6.94. The Morgan fingerprint density at radius 1 is 1.44 bits per heavy atom. The molecule has 1 unspecified atom stereocenters. The Hall–Kier alpha value is -1.32. The maximum atomic E-state index is 12.1. The lowest BCUT2D eigenvalue weighted by Crippen LogP contribution is -2.22. The lowest BCUT2D eigenvalue weighted by atomic mass is 9.98. The van der Waals surface area contributed by atoms with E-state index in [1.54, 1.807) is 0 Å². The minimum atomic E-state index is 0.0905. The van der Waals surface area contributed by atoms with Gasteiger partial charge in [0.15, 0.2) is 5.82 Å². The SMILES string of the molecule is CCCCC(CC)C(=O)Nc1cc(C(C)C)[nH]n1. The van der Waals surface area contributed by atoms with Crippen molar-refractivity contribution in [3.8, 4) is 0 Å². The number of rotatable bonds is 7. The van der Waals surface area contributed by atoms with Gasteiger partial charge in [-0.2, -0.15) is 5.10 Å². The van der Waals surface area contributed by atoms with Gasteiger partial charge in [-0.05, 0) is 18.8 Å². The van der Waals surface area contributed by atoms with Gasteiger partial charge in [0, 0.05) is 17.7 Å². The van der Waals surface area contributed by atoms with Crippen molar-refractivity contribution in [1.29, 1.82) is 0 Å². The molecule has 1 amide bonds.